The number of hydrogen-bond acceptors (Lipinski definition) is 4. The lowest BCUT2D eigenvalue weighted by Gasteiger charge is -2.17. The van der Waals surface area contributed by atoms with Crippen LogP contribution >= 0.6 is 11.3 Å². The molecule has 146 valence electrons. The predicted molar refractivity (Wildman–Crippen MR) is 116 cm³/mol. The summed E-state index contributed by atoms with van der Waals surface area (Å²) in [6.07, 6.45) is 3.31. The van der Waals surface area contributed by atoms with Crippen molar-refractivity contribution in [2.75, 3.05) is 18.1 Å². The van der Waals surface area contributed by atoms with Gasteiger partial charge >= 0.3 is 0 Å². The molecule has 4 aromatic rings. The Labute approximate surface area is 173 Å². The minimum Gasteiger partial charge on any atom is -0.494 e. The van der Waals surface area contributed by atoms with Gasteiger partial charge in [0.1, 0.15) is 5.75 Å². The van der Waals surface area contributed by atoms with Crippen molar-refractivity contribution < 1.29 is 9.53 Å². The number of benzene rings is 2. The first-order valence-electron chi connectivity index (χ1n) is 9.80. The Hall–Kier alpha value is -3.12. The fourth-order valence-corrected chi connectivity index (χ4v) is 4.70. The van der Waals surface area contributed by atoms with Crippen LogP contribution in [0.15, 0.2) is 60.1 Å². The van der Waals surface area contributed by atoms with E-state index < -0.39 is 0 Å². The van der Waals surface area contributed by atoms with E-state index in [9.17, 15) is 4.79 Å². The molecule has 0 radical (unpaired) electrons. The van der Waals surface area contributed by atoms with Gasteiger partial charge in [0.15, 0.2) is 4.96 Å². The number of rotatable bonds is 5. The molecular weight excluding hydrogens is 382 g/mol. The molecule has 0 saturated heterocycles. The maximum Gasteiger partial charge on any atom is 0.232 e. The number of fused-ring (bicyclic) bond motifs is 2. The Morgan fingerprint density at radius 1 is 1.17 bits per heavy atom. The van der Waals surface area contributed by atoms with E-state index >= 15 is 0 Å². The zero-order valence-corrected chi connectivity index (χ0v) is 17.0. The monoisotopic (exact) mass is 403 g/mol. The molecule has 2 aromatic carbocycles. The van der Waals surface area contributed by atoms with Crippen molar-refractivity contribution in [1.29, 1.82) is 0 Å². The van der Waals surface area contributed by atoms with E-state index in [-0.39, 0.29) is 5.91 Å². The Morgan fingerprint density at radius 2 is 2.00 bits per heavy atom. The molecule has 0 bridgehead atoms. The quantitative estimate of drug-likeness (QED) is 0.490. The molecule has 5 nitrogen and oxygen atoms in total. The summed E-state index contributed by atoms with van der Waals surface area (Å²) in [5, 5.41) is 2.03. The summed E-state index contributed by atoms with van der Waals surface area (Å²) >= 11 is 1.57. The van der Waals surface area contributed by atoms with Crippen LogP contribution in [0.25, 0.3) is 16.2 Å². The van der Waals surface area contributed by atoms with Crippen LogP contribution < -0.4 is 9.64 Å². The molecule has 0 aliphatic carbocycles. The zero-order chi connectivity index (χ0) is 19.8. The van der Waals surface area contributed by atoms with E-state index in [1.54, 1.807) is 11.3 Å². The van der Waals surface area contributed by atoms with Crippen molar-refractivity contribution in [3.8, 4) is 17.0 Å². The van der Waals surface area contributed by atoms with Crippen LogP contribution in [0, 0.1) is 0 Å². The number of anilines is 1. The largest absolute Gasteiger partial charge is 0.494 e. The zero-order valence-electron chi connectivity index (χ0n) is 16.2. The maximum absolute atomic E-state index is 13.0. The van der Waals surface area contributed by atoms with E-state index in [4.69, 9.17) is 9.72 Å². The number of thiazole rings is 1. The third kappa shape index (κ3) is 3.29. The van der Waals surface area contributed by atoms with Crippen molar-refractivity contribution in [3.63, 3.8) is 0 Å². The highest BCUT2D eigenvalue weighted by molar-refractivity contribution is 7.15. The summed E-state index contributed by atoms with van der Waals surface area (Å²) in [6.45, 7) is 3.38. The molecule has 3 heterocycles. The molecule has 0 fully saturated rings. The number of nitrogens with zero attached hydrogens (tertiary/aromatic N) is 3. The first-order valence-corrected chi connectivity index (χ1v) is 10.7. The summed E-state index contributed by atoms with van der Waals surface area (Å²) in [6, 6.07) is 16.1. The standard InChI is InChI=1S/C23H21N3O2S/c1-2-28-19-9-7-16(8-10-19)20-14-26-18(15-29-23(26)24-20)13-22(27)25-12-11-17-5-3-4-6-21(17)25/h3-10,14-15H,2,11-13H2,1H3. The van der Waals surface area contributed by atoms with Crippen molar-refractivity contribution in [1.82, 2.24) is 9.38 Å². The Kier molecular flexibility index (Phi) is 4.56. The van der Waals surface area contributed by atoms with Crippen LogP contribution in [-0.2, 0) is 17.6 Å². The number of para-hydroxylation sites is 1. The Morgan fingerprint density at radius 3 is 2.83 bits per heavy atom. The van der Waals surface area contributed by atoms with Gasteiger partial charge in [-0.25, -0.2) is 4.98 Å². The SMILES string of the molecule is CCOc1ccc(-c2cn3c(CC(=O)N4CCc5ccccc54)csc3n2)cc1. The van der Waals surface area contributed by atoms with Gasteiger partial charge in [0.05, 0.1) is 18.7 Å². The van der Waals surface area contributed by atoms with E-state index in [1.807, 2.05) is 70.3 Å². The molecule has 29 heavy (non-hydrogen) atoms. The third-order valence-corrected chi connectivity index (χ3v) is 6.15. The summed E-state index contributed by atoms with van der Waals surface area (Å²) in [5.41, 5.74) is 5.21. The molecule has 1 aliphatic heterocycles. The highest BCUT2D eigenvalue weighted by atomic mass is 32.1. The van der Waals surface area contributed by atoms with E-state index in [0.717, 1.165) is 46.3 Å². The van der Waals surface area contributed by atoms with Gasteiger partial charge in [-0.15, -0.1) is 11.3 Å². The average molecular weight is 404 g/mol. The highest BCUT2D eigenvalue weighted by Crippen LogP contribution is 2.29. The Balaban J connectivity index is 1.38. The highest BCUT2D eigenvalue weighted by Gasteiger charge is 2.25. The molecular formula is C23H21N3O2S. The van der Waals surface area contributed by atoms with Crippen LogP contribution in [0.2, 0.25) is 0 Å². The number of carbonyl (C=O) groups is 1. The first-order chi connectivity index (χ1) is 14.2. The molecule has 0 N–H and O–H groups in total. The minimum atomic E-state index is 0.131. The third-order valence-electron chi connectivity index (χ3n) is 5.27. The minimum absolute atomic E-state index is 0.131. The number of amides is 1. The number of ether oxygens (including phenoxy) is 1. The topological polar surface area (TPSA) is 46.8 Å². The molecule has 2 aromatic heterocycles. The van der Waals surface area contributed by atoms with Gasteiger partial charge in [-0.05, 0) is 49.2 Å². The smallest absolute Gasteiger partial charge is 0.232 e. The van der Waals surface area contributed by atoms with Crippen molar-refractivity contribution in [2.24, 2.45) is 0 Å². The van der Waals surface area contributed by atoms with Gasteiger partial charge in [0, 0.05) is 35.1 Å². The van der Waals surface area contributed by atoms with Crippen LogP contribution in [0.1, 0.15) is 18.2 Å². The van der Waals surface area contributed by atoms with Gasteiger partial charge in [-0.3, -0.25) is 9.20 Å². The molecule has 0 spiro atoms. The normalized spacial score (nSPS) is 13.1. The van der Waals surface area contributed by atoms with Crippen LogP contribution in [0.5, 0.6) is 5.75 Å². The lowest BCUT2D eigenvalue weighted by atomic mass is 10.1. The van der Waals surface area contributed by atoms with Crippen LogP contribution in [0.4, 0.5) is 5.69 Å². The van der Waals surface area contributed by atoms with Gasteiger partial charge in [-0.2, -0.15) is 0 Å². The summed E-state index contributed by atoms with van der Waals surface area (Å²) in [5.74, 6) is 0.986. The summed E-state index contributed by atoms with van der Waals surface area (Å²) < 4.78 is 7.55. The molecule has 1 aliphatic rings. The lowest BCUT2D eigenvalue weighted by molar-refractivity contribution is -0.117. The second-order valence-corrected chi connectivity index (χ2v) is 7.90. The van der Waals surface area contributed by atoms with Crippen molar-refractivity contribution in [3.05, 3.63) is 71.4 Å². The second kappa shape index (κ2) is 7.37. The van der Waals surface area contributed by atoms with Crippen molar-refractivity contribution >= 4 is 27.9 Å². The van der Waals surface area contributed by atoms with Crippen LogP contribution in [0.3, 0.4) is 0 Å². The molecule has 0 unspecified atom stereocenters. The van der Waals surface area contributed by atoms with Crippen molar-refractivity contribution in [2.45, 2.75) is 19.8 Å². The predicted octanol–water partition coefficient (Wildman–Crippen LogP) is 4.59. The van der Waals surface area contributed by atoms with Gasteiger partial charge in [0.25, 0.3) is 0 Å². The van der Waals surface area contributed by atoms with E-state index in [2.05, 4.69) is 6.07 Å². The van der Waals surface area contributed by atoms with Gasteiger partial charge in [-0.1, -0.05) is 18.2 Å². The molecule has 0 atom stereocenters. The average Bonchev–Trinajstić information content (AvgIpc) is 3.44. The lowest BCUT2D eigenvalue weighted by Crippen LogP contribution is -2.30. The summed E-state index contributed by atoms with van der Waals surface area (Å²) in [7, 11) is 0. The van der Waals surface area contributed by atoms with Gasteiger partial charge in [0.2, 0.25) is 5.91 Å². The maximum atomic E-state index is 13.0. The Bertz CT molecular complexity index is 1180. The number of hydrogen-bond donors (Lipinski definition) is 0. The second-order valence-electron chi connectivity index (χ2n) is 7.06. The fraction of sp³-hybridized carbons (Fsp3) is 0.217. The van der Waals surface area contributed by atoms with Gasteiger partial charge < -0.3 is 9.64 Å². The van der Waals surface area contributed by atoms with E-state index in [1.165, 1.54) is 5.56 Å². The number of imidazole rings is 1. The molecule has 1 amide bonds. The molecule has 0 saturated carbocycles. The molecule has 5 rings (SSSR count). The molecule has 6 heteroatoms. The number of aromatic nitrogens is 2. The van der Waals surface area contributed by atoms with Crippen LogP contribution in [-0.4, -0.2) is 28.4 Å². The number of carbonyl (C=O) groups excluding carboxylic acids is 1. The summed E-state index contributed by atoms with van der Waals surface area (Å²) in [4.78, 5) is 20.5. The van der Waals surface area contributed by atoms with E-state index in [0.29, 0.717) is 13.0 Å². The first kappa shape index (κ1) is 17.9. The fourth-order valence-electron chi connectivity index (χ4n) is 3.83.